The summed E-state index contributed by atoms with van der Waals surface area (Å²) < 4.78 is 1.27. The average Bonchev–Trinajstić information content (AvgIpc) is 3.53. The zero-order chi connectivity index (χ0) is 29.9. The third kappa shape index (κ3) is 8.24. The Kier molecular flexibility index (Phi) is 10.8. The number of hydrogen-bond acceptors (Lipinski definition) is 8. The zero-order valence-corrected chi connectivity index (χ0v) is 24.3. The Morgan fingerprint density at radius 3 is 2.45 bits per heavy atom. The van der Waals surface area contributed by atoms with Crippen molar-refractivity contribution in [2.24, 2.45) is 16.5 Å². The lowest BCUT2D eigenvalue weighted by Crippen LogP contribution is -2.44. The lowest BCUT2D eigenvalue weighted by Gasteiger charge is -2.19. The van der Waals surface area contributed by atoms with Gasteiger partial charge < -0.3 is 22.1 Å². The predicted molar refractivity (Wildman–Crippen MR) is 166 cm³/mol. The number of rotatable bonds is 14. The van der Waals surface area contributed by atoms with Crippen LogP contribution in [0.4, 0.5) is 5.82 Å². The summed E-state index contributed by atoms with van der Waals surface area (Å²) in [6.07, 6.45) is 2.88. The number of halogens is 1. The van der Waals surface area contributed by atoms with Crippen molar-refractivity contribution in [3.63, 3.8) is 0 Å². The number of anilines is 1. The molecule has 0 bridgehead atoms. The molecule has 0 fully saturated rings. The van der Waals surface area contributed by atoms with Crippen molar-refractivity contribution in [3.05, 3.63) is 98.3 Å². The largest absolute Gasteiger partial charge is 0.370 e. The SMILES string of the molecule is NC(N)=NCCCC(NC(=O)Cn1c(-c2ccccc2)c(Cl)nc(NCCc2ccccc2)c1=O)C(=O)c1nccs1. The van der Waals surface area contributed by atoms with E-state index in [1.54, 1.807) is 29.6 Å². The molecule has 0 aliphatic rings. The molecule has 4 rings (SSSR count). The quantitative estimate of drug-likeness (QED) is 0.0734. The van der Waals surface area contributed by atoms with Gasteiger partial charge in [0.25, 0.3) is 5.56 Å². The first-order valence-electron chi connectivity index (χ1n) is 13.3. The number of Topliss-reactive ketones (excluding diaryl/α,β-unsaturated/α-hetero) is 1. The van der Waals surface area contributed by atoms with Gasteiger partial charge in [0.05, 0.1) is 11.7 Å². The number of carbonyl (C=O) groups excluding carboxylic acids is 2. The Morgan fingerprint density at radius 1 is 1.07 bits per heavy atom. The lowest BCUT2D eigenvalue weighted by molar-refractivity contribution is -0.122. The molecule has 1 amide bonds. The highest BCUT2D eigenvalue weighted by molar-refractivity contribution is 7.11. The van der Waals surface area contributed by atoms with Crippen LogP contribution in [0.5, 0.6) is 0 Å². The van der Waals surface area contributed by atoms with Gasteiger partial charge in [-0.2, -0.15) is 0 Å². The van der Waals surface area contributed by atoms with E-state index in [0.717, 1.165) is 5.56 Å². The zero-order valence-electron chi connectivity index (χ0n) is 22.7. The number of nitrogens with zero attached hydrogens (tertiary/aromatic N) is 4. The number of aliphatic imine (C=N–C) groups is 1. The molecule has 1 unspecified atom stereocenters. The van der Waals surface area contributed by atoms with Gasteiger partial charge in [0, 0.05) is 30.2 Å². The van der Waals surface area contributed by atoms with Crippen LogP contribution in [-0.2, 0) is 17.8 Å². The topological polar surface area (TPSA) is 170 Å². The normalized spacial score (nSPS) is 11.5. The highest BCUT2D eigenvalue weighted by Gasteiger charge is 2.25. The molecule has 0 radical (unpaired) electrons. The highest BCUT2D eigenvalue weighted by atomic mass is 35.5. The van der Waals surface area contributed by atoms with Crippen molar-refractivity contribution < 1.29 is 9.59 Å². The second-order valence-corrected chi connectivity index (χ2v) is 10.5. The fraction of sp³-hybridized carbons (Fsp3) is 0.241. The smallest absolute Gasteiger partial charge is 0.294 e. The van der Waals surface area contributed by atoms with E-state index >= 15 is 0 Å². The summed E-state index contributed by atoms with van der Waals surface area (Å²) in [5, 5.41) is 7.84. The first-order chi connectivity index (χ1) is 20.3. The third-order valence-electron chi connectivity index (χ3n) is 6.26. The van der Waals surface area contributed by atoms with E-state index < -0.39 is 24.1 Å². The maximum absolute atomic E-state index is 13.7. The average molecular weight is 607 g/mol. The summed E-state index contributed by atoms with van der Waals surface area (Å²) in [6.45, 7) is 0.323. The van der Waals surface area contributed by atoms with Gasteiger partial charge in [-0.1, -0.05) is 72.3 Å². The number of nitrogens with two attached hydrogens (primary N) is 2. The van der Waals surface area contributed by atoms with Crippen LogP contribution in [-0.4, -0.2) is 51.3 Å². The number of ketones is 1. The van der Waals surface area contributed by atoms with E-state index in [-0.39, 0.29) is 40.7 Å². The fourth-order valence-electron chi connectivity index (χ4n) is 4.30. The summed E-state index contributed by atoms with van der Waals surface area (Å²) in [4.78, 5) is 52.6. The van der Waals surface area contributed by atoms with Crippen LogP contribution in [0, 0.1) is 0 Å². The summed E-state index contributed by atoms with van der Waals surface area (Å²) in [5.41, 5.74) is 12.3. The minimum absolute atomic E-state index is 0.0241. The van der Waals surface area contributed by atoms with Crippen LogP contribution >= 0.6 is 22.9 Å². The molecule has 2 aromatic carbocycles. The number of aromatic nitrogens is 3. The highest BCUT2D eigenvalue weighted by Crippen LogP contribution is 2.26. The van der Waals surface area contributed by atoms with Gasteiger partial charge in [-0.3, -0.25) is 23.9 Å². The van der Waals surface area contributed by atoms with Crippen molar-refractivity contribution in [2.75, 3.05) is 18.4 Å². The number of amides is 1. The van der Waals surface area contributed by atoms with E-state index in [0.29, 0.717) is 30.6 Å². The van der Waals surface area contributed by atoms with Crippen molar-refractivity contribution >= 4 is 46.4 Å². The molecular formula is C29H31ClN8O3S. The van der Waals surface area contributed by atoms with Crippen LogP contribution in [0.1, 0.15) is 28.2 Å². The standard InChI is InChI=1S/C29H31ClN8O3S/c30-25-23(20-10-5-2-6-11-20)38(28(41)26(37-25)33-15-13-19-8-3-1-4-9-19)18-22(39)36-21(12-7-14-35-29(31)32)24(40)27-34-16-17-42-27/h1-6,8-11,16-17,21H,7,12-15,18H2,(H,33,37)(H,36,39)(H4,31,32,35). The van der Waals surface area contributed by atoms with Gasteiger partial charge in [0.2, 0.25) is 11.7 Å². The monoisotopic (exact) mass is 606 g/mol. The minimum Gasteiger partial charge on any atom is -0.370 e. The first kappa shape index (κ1) is 30.4. The van der Waals surface area contributed by atoms with Gasteiger partial charge in [0.15, 0.2) is 21.9 Å². The second-order valence-electron chi connectivity index (χ2n) is 9.29. The van der Waals surface area contributed by atoms with Crippen LogP contribution in [0.3, 0.4) is 0 Å². The second kappa shape index (κ2) is 14.9. The molecule has 0 spiro atoms. The van der Waals surface area contributed by atoms with Crippen LogP contribution in [0.15, 0.2) is 82.0 Å². The van der Waals surface area contributed by atoms with E-state index in [1.165, 1.54) is 22.1 Å². The molecule has 1 atom stereocenters. The molecule has 0 saturated heterocycles. The maximum atomic E-state index is 13.7. The van der Waals surface area contributed by atoms with Crippen LogP contribution in [0.25, 0.3) is 11.3 Å². The van der Waals surface area contributed by atoms with Crippen molar-refractivity contribution in [3.8, 4) is 11.3 Å². The molecule has 0 aliphatic heterocycles. The van der Waals surface area contributed by atoms with Crippen molar-refractivity contribution in [1.82, 2.24) is 19.9 Å². The Morgan fingerprint density at radius 2 is 1.79 bits per heavy atom. The minimum atomic E-state index is -0.894. The first-order valence-corrected chi connectivity index (χ1v) is 14.5. The van der Waals surface area contributed by atoms with E-state index in [2.05, 4.69) is 25.6 Å². The van der Waals surface area contributed by atoms with Gasteiger partial charge in [0.1, 0.15) is 6.54 Å². The number of guanidine groups is 1. The number of thiazole rings is 1. The van der Waals surface area contributed by atoms with E-state index in [9.17, 15) is 14.4 Å². The molecule has 42 heavy (non-hydrogen) atoms. The number of hydrogen-bond donors (Lipinski definition) is 4. The predicted octanol–water partition coefficient (Wildman–Crippen LogP) is 3.10. The molecule has 0 aliphatic carbocycles. The summed E-state index contributed by atoms with van der Waals surface area (Å²) >= 11 is 7.80. The molecule has 2 aromatic heterocycles. The molecule has 6 N–H and O–H groups in total. The maximum Gasteiger partial charge on any atom is 0.294 e. The lowest BCUT2D eigenvalue weighted by atomic mass is 10.1. The molecule has 218 valence electrons. The van der Waals surface area contributed by atoms with Crippen LogP contribution < -0.4 is 27.7 Å². The Labute approximate surface area is 251 Å². The van der Waals surface area contributed by atoms with Gasteiger partial charge in [-0.15, -0.1) is 11.3 Å². The van der Waals surface area contributed by atoms with Crippen molar-refractivity contribution in [2.45, 2.75) is 31.8 Å². The molecule has 4 aromatic rings. The number of benzene rings is 2. The van der Waals surface area contributed by atoms with Gasteiger partial charge in [-0.25, -0.2) is 9.97 Å². The molecule has 0 saturated carbocycles. The number of carbonyl (C=O) groups is 2. The van der Waals surface area contributed by atoms with Crippen LogP contribution in [0.2, 0.25) is 5.15 Å². The molecule has 11 nitrogen and oxygen atoms in total. The fourth-order valence-corrected chi connectivity index (χ4v) is 5.22. The van der Waals surface area contributed by atoms with Gasteiger partial charge >= 0.3 is 0 Å². The molecule has 13 heteroatoms. The van der Waals surface area contributed by atoms with Crippen molar-refractivity contribution in [1.29, 1.82) is 0 Å². The molecule has 2 heterocycles. The number of nitrogens with one attached hydrogen (secondary N) is 2. The van der Waals surface area contributed by atoms with E-state index in [1.807, 2.05) is 36.4 Å². The van der Waals surface area contributed by atoms with E-state index in [4.69, 9.17) is 23.1 Å². The summed E-state index contributed by atoms with van der Waals surface area (Å²) in [7, 11) is 0. The Hall–Kier alpha value is -4.55. The Bertz CT molecular complexity index is 1570. The summed E-state index contributed by atoms with van der Waals surface area (Å²) in [5.74, 6) is -0.924. The third-order valence-corrected chi connectivity index (χ3v) is 7.31. The van der Waals surface area contributed by atoms with Gasteiger partial charge in [-0.05, 0) is 24.8 Å². The molecular weight excluding hydrogens is 576 g/mol. The summed E-state index contributed by atoms with van der Waals surface area (Å²) in [6, 6.07) is 17.9. The Balaban J connectivity index is 1.59.